The summed E-state index contributed by atoms with van der Waals surface area (Å²) >= 11 is 0. The molecule has 1 atom stereocenters. The highest BCUT2D eigenvalue weighted by molar-refractivity contribution is 6.31. The number of carbonyl (C=O) groups excluding carboxylic acids is 2. The van der Waals surface area contributed by atoms with Gasteiger partial charge in [0.2, 0.25) is 5.91 Å². The number of nitrogens with one attached hydrogen (secondary N) is 3. The second-order valence-electron chi connectivity index (χ2n) is 9.79. The van der Waals surface area contributed by atoms with Crippen molar-refractivity contribution in [2.24, 2.45) is 20.5 Å². The Kier molecular flexibility index (Phi) is 4.18. The zero-order valence-electron chi connectivity index (χ0n) is 18.8. The molecule has 0 bridgehead atoms. The van der Waals surface area contributed by atoms with Gasteiger partial charge in [-0.05, 0) is 73.7 Å². The summed E-state index contributed by atoms with van der Waals surface area (Å²) in [6, 6.07) is 5.75. The SMILES string of the molecule is CC1(C)C(=O)Nc2cc(NC3=N[N+]4(N5CCC6(CCNCC6)C5=O)C=CN=CC4=N3)ccc21. The topological polar surface area (TPSA) is 111 Å². The Morgan fingerprint density at radius 3 is 2.79 bits per heavy atom. The van der Waals surface area contributed by atoms with Crippen LogP contribution in [0.4, 0.5) is 11.4 Å². The molecule has 0 saturated carbocycles. The van der Waals surface area contributed by atoms with E-state index in [0.717, 1.165) is 49.3 Å². The highest BCUT2D eigenvalue weighted by atomic mass is 16.2. The van der Waals surface area contributed by atoms with E-state index in [1.54, 1.807) is 18.6 Å². The number of amides is 2. The molecule has 2 saturated heterocycles. The number of fused-ring (bicyclic) bond motifs is 2. The number of rotatable bonds is 2. The van der Waals surface area contributed by atoms with Gasteiger partial charge in [-0.3, -0.25) is 14.6 Å². The maximum atomic E-state index is 13.6. The Morgan fingerprint density at radius 1 is 1.15 bits per heavy atom. The van der Waals surface area contributed by atoms with Gasteiger partial charge in [0.15, 0.2) is 6.20 Å². The van der Waals surface area contributed by atoms with Crippen LogP contribution in [0.2, 0.25) is 0 Å². The third-order valence-electron chi connectivity index (χ3n) is 7.54. The number of piperidine rings is 1. The molecule has 10 heteroatoms. The number of hydrogen-bond acceptors (Lipinski definition) is 7. The fraction of sp³-hybridized carbons (Fsp3) is 0.435. The highest BCUT2D eigenvalue weighted by Gasteiger charge is 2.58. The molecular weight excluding hydrogens is 420 g/mol. The number of anilines is 2. The van der Waals surface area contributed by atoms with E-state index in [-0.39, 0.29) is 21.9 Å². The number of guanidine groups is 1. The Balaban J connectivity index is 1.31. The Morgan fingerprint density at radius 2 is 1.97 bits per heavy atom. The number of aliphatic imine (C=N–C) groups is 2. The summed E-state index contributed by atoms with van der Waals surface area (Å²) < 4.78 is -0.117. The molecule has 3 N–H and O–H groups in total. The van der Waals surface area contributed by atoms with E-state index in [2.05, 4.69) is 25.9 Å². The minimum Gasteiger partial charge on any atom is -0.325 e. The summed E-state index contributed by atoms with van der Waals surface area (Å²) in [5.41, 5.74) is 1.63. The molecule has 5 heterocycles. The molecule has 5 aliphatic heterocycles. The molecule has 5 aliphatic rings. The lowest BCUT2D eigenvalue weighted by molar-refractivity contribution is -0.901. The van der Waals surface area contributed by atoms with Gasteiger partial charge in [0, 0.05) is 11.4 Å². The molecule has 2 fully saturated rings. The number of quaternary nitrogens is 1. The van der Waals surface area contributed by atoms with Crippen molar-refractivity contribution >= 4 is 41.2 Å². The van der Waals surface area contributed by atoms with Crippen LogP contribution in [-0.4, -0.2) is 59.2 Å². The first-order valence-corrected chi connectivity index (χ1v) is 11.4. The number of benzene rings is 1. The lowest BCUT2D eigenvalue weighted by atomic mass is 9.78. The number of carbonyl (C=O) groups is 2. The van der Waals surface area contributed by atoms with Crippen LogP contribution in [0, 0.1) is 5.41 Å². The average molecular weight is 448 g/mol. The van der Waals surface area contributed by atoms with Crippen LogP contribution in [0.25, 0.3) is 0 Å². The summed E-state index contributed by atoms with van der Waals surface area (Å²) in [4.78, 5) is 34.8. The molecule has 1 unspecified atom stereocenters. The molecular formula is C23H27N8O2+. The minimum absolute atomic E-state index is 0.0181. The zero-order valence-corrected chi connectivity index (χ0v) is 18.8. The maximum absolute atomic E-state index is 13.6. The van der Waals surface area contributed by atoms with Crippen LogP contribution < -0.4 is 16.0 Å². The summed E-state index contributed by atoms with van der Waals surface area (Å²) in [7, 11) is 0. The smallest absolute Gasteiger partial charge is 0.307 e. The third-order valence-corrected chi connectivity index (χ3v) is 7.54. The van der Waals surface area contributed by atoms with E-state index < -0.39 is 5.41 Å². The van der Waals surface area contributed by atoms with Gasteiger partial charge in [-0.25, -0.2) is 0 Å². The van der Waals surface area contributed by atoms with E-state index >= 15 is 0 Å². The van der Waals surface area contributed by atoms with Gasteiger partial charge in [0.05, 0.1) is 23.6 Å². The van der Waals surface area contributed by atoms with Crippen molar-refractivity contribution in [2.75, 3.05) is 30.3 Å². The predicted octanol–water partition coefficient (Wildman–Crippen LogP) is 1.90. The second kappa shape index (κ2) is 6.82. The number of hydrogen-bond donors (Lipinski definition) is 3. The number of nitrogens with zero attached hydrogens (tertiary/aromatic N) is 5. The van der Waals surface area contributed by atoms with Crippen LogP contribution >= 0.6 is 0 Å². The molecule has 33 heavy (non-hydrogen) atoms. The minimum atomic E-state index is -0.559. The van der Waals surface area contributed by atoms with Gasteiger partial charge in [-0.2, -0.15) is 5.01 Å². The van der Waals surface area contributed by atoms with E-state index in [1.165, 1.54) is 0 Å². The summed E-state index contributed by atoms with van der Waals surface area (Å²) in [5.74, 6) is 1.08. The van der Waals surface area contributed by atoms with Crippen LogP contribution in [0.3, 0.4) is 0 Å². The van der Waals surface area contributed by atoms with E-state index in [1.807, 2.05) is 37.1 Å². The molecule has 0 aliphatic carbocycles. The number of amidine groups is 1. The van der Waals surface area contributed by atoms with Crippen LogP contribution in [0.1, 0.15) is 38.7 Å². The maximum Gasteiger partial charge on any atom is 0.307 e. The Hall–Kier alpha value is -3.37. The zero-order chi connectivity index (χ0) is 22.8. The third kappa shape index (κ3) is 2.83. The van der Waals surface area contributed by atoms with Crippen molar-refractivity contribution in [1.82, 2.24) is 10.3 Å². The normalized spacial score (nSPS) is 28.5. The van der Waals surface area contributed by atoms with Crippen molar-refractivity contribution in [2.45, 2.75) is 38.5 Å². The van der Waals surface area contributed by atoms with Gasteiger partial charge in [0.25, 0.3) is 11.9 Å². The second-order valence-corrected chi connectivity index (χ2v) is 9.79. The van der Waals surface area contributed by atoms with Crippen molar-refractivity contribution in [3.8, 4) is 0 Å². The first kappa shape index (κ1) is 20.3. The lowest BCUT2D eigenvalue weighted by Crippen LogP contribution is -2.58. The van der Waals surface area contributed by atoms with E-state index in [9.17, 15) is 9.59 Å². The molecule has 0 aromatic heterocycles. The van der Waals surface area contributed by atoms with Crippen molar-refractivity contribution in [3.05, 3.63) is 36.2 Å². The summed E-state index contributed by atoms with van der Waals surface area (Å²) in [6.07, 6.45) is 7.64. The summed E-state index contributed by atoms with van der Waals surface area (Å²) in [5, 5.41) is 16.2. The molecule has 1 aromatic rings. The molecule has 1 spiro atoms. The first-order valence-electron chi connectivity index (χ1n) is 11.4. The fourth-order valence-corrected chi connectivity index (χ4v) is 5.44. The van der Waals surface area contributed by atoms with E-state index in [4.69, 9.17) is 5.10 Å². The Bertz CT molecular complexity index is 1190. The fourth-order valence-electron chi connectivity index (χ4n) is 5.44. The standard InChI is InChI=1S/C23H26N8O2/c1-22(2)16-4-3-15(13-17(16)27-19(22)32)26-21-28-18-14-25-10-12-31(18,29-21)30-11-7-23(20(30)33)5-8-24-9-6-23/h3-4,10,12-14,24H,5-9,11H2,1-2H3,(H-,26,27,29,32)/p+1. The van der Waals surface area contributed by atoms with Crippen molar-refractivity contribution < 1.29 is 14.3 Å². The van der Waals surface area contributed by atoms with Crippen LogP contribution in [0.5, 0.6) is 0 Å². The monoisotopic (exact) mass is 447 g/mol. The molecule has 10 nitrogen and oxygen atoms in total. The molecule has 0 radical (unpaired) electrons. The first-order chi connectivity index (χ1) is 15.8. The highest BCUT2D eigenvalue weighted by Crippen LogP contribution is 2.44. The van der Waals surface area contributed by atoms with Crippen molar-refractivity contribution in [1.29, 1.82) is 0 Å². The van der Waals surface area contributed by atoms with Crippen LogP contribution in [-0.2, 0) is 15.0 Å². The molecule has 1 aromatic carbocycles. The van der Waals surface area contributed by atoms with Gasteiger partial charge in [-0.15, -0.1) is 4.99 Å². The van der Waals surface area contributed by atoms with E-state index in [0.29, 0.717) is 18.3 Å². The van der Waals surface area contributed by atoms with Gasteiger partial charge in [-0.1, -0.05) is 6.07 Å². The summed E-state index contributed by atoms with van der Waals surface area (Å²) in [6.45, 7) is 6.16. The predicted molar refractivity (Wildman–Crippen MR) is 125 cm³/mol. The molecule has 2 amide bonds. The largest absolute Gasteiger partial charge is 0.325 e. The van der Waals surface area contributed by atoms with Gasteiger partial charge >= 0.3 is 5.84 Å². The lowest BCUT2D eigenvalue weighted by Gasteiger charge is -2.35. The van der Waals surface area contributed by atoms with Gasteiger partial charge < -0.3 is 16.0 Å². The Labute approximate surface area is 191 Å². The quantitative estimate of drug-likeness (QED) is 0.602. The molecule has 170 valence electrons. The molecule has 6 rings (SSSR count). The average Bonchev–Trinajstić information content (AvgIpc) is 3.39. The van der Waals surface area contributed by atoms with Crippen LogP contribution in [0.15, 0.2) is 45.7 Å². The van der Waals surface area contributed by atoms with Gasteiger partial charge in [0.1, 0.15) is 6.21 Å². The van der Waals surface area contributed by atoms with Crippen molar-refractivity contribution in [3.63, 3.8) is 0 Å².